The maximum Gasteiger partial charge on any atom is 0.390 e. The van der Waals surface area contributed by atoms with Crippen LogP contribution in [0.3, 0.4) is 0 Å². The van der Waals surface area contributed by atoms with Crippen LogP contribution in [0.5, 0.6) is 0 Å². The van der Waals surface area contributed by atoms with Gasteiger partial charge in [0.1, 0.15) is 0 Å². The molecule has 13 heteroatoms. The maximum atomic E-state index is 13.8. The van der Waals surface area contributed by atoms with Crippen molar-refractivity contribution in [2.24, 2.45) is 0 Å². The molecule has 0 aliphatic heterocycles. The van der Waals surface area contributed by atoms with Crippen LogP contribution in [0.15, 0.2) is 24.4 Å². The van der Waals surface area contributed by atoms with E-state index in [2.05, 4.69) is 15.5 Å². The number of nitrogens with one attached hydrogen (secondary N) is 1. The summed E-state index contributed by atoms with van der Waals surface area (Å²) in [5.74, 6) is -7.14. The van der Waals surface area contributed by atoms with E-state index >= 15 is 0 Å². The van der Waals surface area contributed by atoms with E-state index in [9.17, 15) is 32.5 Å². The standard InChI is InChI=1S/C18H16F4N6O3/c1-3-13(27-9(2)6-15(25-27)28(30)31)18(29)23-14-4-5-26(24-14)8-10-16(21)11(19)7-12(20)17(10)22/h4-7,13H,3,8H2,1-2H3,(H,23,24,29). The average molecular weight is 440 g/mol. The highest BCUT2D eigenvalue weighted by molar-refractivity contribution is 5.92. The van der Waals surface area contributed by atoms with Crippen LogP contribution in [-0.2, 0) is 11.3 Å². The van der Waals surface area contributed by atoms with Crippen molar-refractivity contribution in [1.82, 2.24) is 19.6 Å². The van der Waals surface area contributed by atoms with E-state index in [-0.39, 0.29) is 18.3 Å². The fraction of sp³-hybridized carbons (Fsp3) is 0.278. The molecular formula is C18H16F4N6O3. The quantitative estimate of drug-likeness (QED) is 0.262. The van der Waals surface area contributed by atoms with E-state index in [1.54, 1.807) is 13.8 Å². The molecular weight excluding hydrogens is 424 g/mol. The molecule has 0 bridgehead atoms. The number of rotatable bonds is 7. The molecule has 1 unspecified atom stereocenters. The third kappa shape index (κ3) is 4.39. The van der Waals surface area contributed by atoms with Gasteiger partial charge in [-0.3, -0.25) is 9.48 Å². The lowest BCUT2D eigenvalue weighted by atomic mass is 10.2. The van der Waals surface area contributed by atoms with Gasteiger partial charge in [-0.25, -0.2) is 17.6 Å². The molecule has 0 aliphatic carbocycles. The second kappa shape index (κ2) is 8.53. The van der Waals surface area contributed by atoms with Crippen LogP contribution >= 0.6 is 0 Å². The molecule has 9 nitrogen and oxygen atoms in total. The molecule has 0 fully saturated rings. The summed E-state index contributed by atoms with van der Waals surface area (Å²) in [6.07, 6.45) is 1.51. The molecule has 2 heterocycles. The number of nitrogens with zero attached hydrogens (tertiary/aromatic N) is 5. The molecule has 0 radical (unpaired) electrons. The van der Waals surface area contributed by atoms with Crippen molar-refractivity contribution in [3.63, 3.8) is 0 Å². The Morgan fingerprint density at radius 1 is 1.19 bits per heavy atom. The van der Waals surface area contributed by atoms with Crippen LogP contribution < -0.4 is 5.32 Å². The first-order valence-electron chi connectivity index (χ1n) is 8.99. The van der Waals surface area contributed by atoms with E-state index in [0.29, 0.717) is 5.69 Å². The molecule has 1 amide bonds. The highest BCUT2D eigenvalue weighted by atomic mass is 19.2. The predicted molar refractivity (Wildman–Crippen MR) is 99.2 cm³/mol. The SMILES string of the molecule is CCC(C(=O)Nc1ccn(Cc2c(F)c(F)cc(F)c2F)n1)n1nc([N+](=O)[O-])cc1C. The van der Waals surface area contributed by atoms with E-state index in [0.717, 1.165) is 4.68 Å². The minimum Gasteiger partial charge on any atom is -0.358 e. The molecule has 1 aromatic carbocycles. The number of nitro groups is 1. The molecule has 0 aliphatic rings. The average Bonchev–Trinajstić information content (AvgIpc) is 3.31. The number of benzene rings is 1. The lowest BCUT2D eigenvalue weighted by Crippen LogP contribution is -2.27. The summed E-state index contributed by atoms with van der Waals surface area (Å²) in [6.45, 7) is 2.62. The van der Waals surface area contributed by atoms with Crippen LogP contribution in [-0.4, -0.2) is 30.4 Å². The number of carbonyl (C=O) groups excluding carboxylic acids is 1. The summed E-state index contributed by atoms with van der Waals surface area (Å²) < 4.78 is 56.6. The Morgan fingerprint density at radius 3 is 2.39 bits per heavy atom. The van der Waals surface area contributed by atoms with Gasteiger partial charge in [0.25, 0.3) is 5.91 Å². The molecule has 1 atom stereocenters. The zero-order valence-electron chi connectivity index (χ0n) is 16.3. The van der Waals surface area contributed by atoms with Crippen LogP contribution in [0, 0.1) is 40.3 Å². The van der Waals surface area contributed by atoms with Crippen molar-refractivity contribution >= 4 is 17.5 Å². The minimum atomic E-state index is -1.54. The zero-order chi connectivity index (χ0) is 22.9. The summed E-state index contributed by atoms with van der Waals surface area (Å²) in [5.41, 5.74) is -0.456. The van der Waals surface area contributed by atoms with Gasteiger partial charge in [-0.2, -0.15) is 9.78 Å². The van der Waals surface area contributed by atoms with Crippen LogP contribution in [0.1, 0.15) is 30.6 Å². The van der Waals surface area contributed by atoms with Gasteiger partial charge in [0.2, 0.25) is 0 Å². The number of aromatic nitrogens is 4. The van der Waals surface area contributed by atoms with Gasteiger partial charge in [0, 0.05) is 18.3 Å². The normalized spacial score (nSPS) is 12.1. The van der Waals surface area contributed by atoms with Gasteiger partial charge in [-0.1, -0.05) is 6.92 Å². The fourth-order valence-corrected chi connectivity index (χ4v) is 2.99. The Bertz CT molecular complexity index is 1130. The van der Waals surface area contributed by atoms with Crippen molar-refractivity contribution in [3.8, 4) is 0 Å². The Labute approximate surface area is 172 Å². The number of amides is 1. The van der Waals surface area contributed by atoms with Crippen LogP contribution in [0.25, 0.3) is 0 Å². The number of aryl methyl sites for hydroxylation is 1. The summed E-state index contributed by atoms with van der Waals surface area (Å²) in [4.78, 5) is 22.9. The predicted octanol–water partition coefficient (Wildman–Crippen LogP) is 3.49. The van der Waals surface area contributed by atoms with Crippen LogP contribution in [0.4, 0.5) is 29.2 Å². The second-order valence-electron chi connectivity index (χ2n) is 6.60. The molecule has 1 N–H and O–H groups in total. The molecule has 3 rings (SSSR count). The van der Waals surface area contributed by atoms with Crippen molar-refractivity contribution in [1.29, 1.82) is 0 Å². The lowest BCUT2D eigenvalue weighted by molar-refractivity contribution is -0.389. The number of hydrogen-bond donors (Lipinski definition) is 1. The number of halogens is 4. The van der Waals surface area contributed by atoms with Gasteiger partial charge < -0.3 is 15.4 Å². The smallest absolute Gasteiger partial charge is 0.358 e. The monoisotopic (exact) mass is 440 g/mol. The Hall–Kier alpha value is -3.77. The Kier molecular flexibility index (Phi) is 6.04. The van der Waals surface area contributed by atoms with Crippen molar-refractivity contribution in [2.75, 3.05) is 5.32 Å². The van der Waals surface area contributed by atoms with Crippen molar-refractivity contribution < 1.29 is 27.3 Å². The lowest BCUT2D eigenvalue weighted by Gasteiger charge is -2.13. The summed E-state index contributed by atoms with van der Waals surface area (Å²) in [6, 6.07) is 1.77. The van der Waals surface area contributed by atoms with Crippen LogP contribution in [0.2, 0.25) is 0 Å². The Morgan fingerprint density at radius 2 is 1.84 bits per heavy atom. The molecule has 0 saturated carbocycles. The first-order valence-corrected chi connectivity index (χ1v) is 8.99. The van der Waals surface area contributed by atoms with Gasteiger partial charge in [0.15, 0.2) is 35.1 Å². The number of carbonyl (C=O) groups is 1. The molecule has 2 aromatic heterocycles. The molecule has 3 aromatic rings. The molecule has 0 spiro atoms. The third-order valence-electron chi connectivity index (χ3n) is 4.50. The maximum absolute atomic E-state index is 13.8. The number of hydrogen-bond acceptors (Lipinski definition) is 5. The third-order valence-corrected chi connectivity index (χ3v) is 4.50. The number of anilines is 1. The summed E-state index contributed by atoms with van der Waals surface area (Å²) in [7, 11) is 0. The highest BCUT2D eigenvalue weighted by Gasteiger charge is 2.27. The topological polar surface area (TPSA) is 108 Å². The minimum absolute atomic E-state index is 0.000417. The van der Waals surface area contributed by atoms with Crippen molar-refractivity contribution in [2.45, 2.75) is 32.9 Å². The van der Waals surface area contributed by atoms with E-state index in [1.807, 2.05) is 0 Å². The summed E-state index contributed by atoms with van der Waals surface area (Å²) in [5, 5.41) is 21.1. The fourth-order valence-electron chi connectivity index (χ4n) is 2.99. The van der Waals surface area contributed by atoms with Gasteiger partial charge in [-0.05, 0) is 18.3 Å². The largest absolute Gasteiger partial charge is 0.390 e. The van der Waals surface area contributed by atoms with E-state index in [1.165, 1.54) is 23.0 Å². The summed E-state index contributed by atoms with van der Waals surface area (Å²) >= 11 is 0. The van der Waals surface area contributed by atoms with E-state index in [4.69, 9.17) is 0 Å². The molecule has 31 heavy (non-hydrogen) atoms. The Balaban J connectivity index is 1.78. The van der Waals surface area contributed by atoms with Crippen molar-refractivity contribution in [3.05, 3.63) is 69.0 Å². The zero-order valence-corrected chi connectivity index (χ0v) is 16.3. The first-order chi connectivity index (χ1) is 14.6. The highest BCUT2D eigenvalue weighted by Crippen LogP contribution is 2.22. The first kappa shape index (κ1) is 21.9. The van der Waals surface area contributed by atoms with Gasteiger partial charge in [0.05, 0.1) is 29.0 Å². The van der Waals surface area contributed by atoms with Gasteiger partial charge >= 0.3 is 5.82 Å². The van der Waals surface area contributed by atoms with Gasteiger partial charge in [-0.15, -0.1) is 0 Å². The van der Waals surface area contributed by atoms with E-state index < -0.39 is 58.1 Å². The second-order valence-corrected chi connectivity index (χ2v) is 6.60. The molecule has 164 valence electrons. The molecule has 0 saturated heterocycles.